The first-order valence-corrected chi connectivity index (χ1v) is 9.21. The van der Waals surface area contributed by atoms with Crippen LogP contribution in [0.25, 0.3) is 0 Å². The number of carboxylic acids is 1. The smallest absolute Gasteiger partial charge is 0.305 e. The van der Waals surface area contributed by atoms with E-state index in [4.69, 9.17) is 16.7 Å². The van der Waals surface area contributed by atoms with Crippen molar-refractivity contribution < 1.29 is 14.7 Å². The van der Waals surface area contributed by atoms with E-state index in [1.165, 1.54) is 11.3 Å². The monoisotopic (exact) mass is 379 g/mol. The molecule has 0 spiro atoms. The number of anilines is 2. The van der Waals surface area contributed by atoms with Gasteiger partial charge in [0.05, 0.1) is 6.42 Å². The lowest BCUT2D eigenvalue weighted by Gasteiger charge is -2.20. The molecule has 2 N–H and O–H groups in total. The standard InChI is InChI=1S/C17H18ClN3O3S/c1-10-2-3-11(18)8-13(10)19-17-20-14(9-25-17)16(24)21(12-4-5-12)7-6-15(22)23/h2-3,8-9,12H,4-7H2,1H3,(H,19,20)(H,22,23). The van der Waals surface area contributed by atoms with Crippen LogP contribution < -0.4 is 5.32 Å². The summed E-state index contributed by atoms with van der Waals surface area (Å²) < 4.78 is 0. The molecule has 25 heavy (non-hydrogen) atoms. The number of rotatable bonds is 7. The Balaban J connectivity index is 1.72. The minimum absolute atomic E-state index is 0.0564. The highest BCUT2D eigenvalue weighted by molar-refractivity contribution is 7.14. The highest BCUT2D eigenvalue weighted by Crippen LogP contribution is 2.30. The first-order valence-electron chi connectivity index (χ1n) is 7.95. The summed E-state index contributed by atoms with van der Waals surface area (Å²) in [7, 11) is 0. The number of nitrogens with zero attached hydrogens (tertiary/aromatic N) is 2. The third-order valence-corrected chi connectivity index (χ3v) is 4.97. The molecule has 3 rings (SSSR count). The summed E-state index contributed by atoms with van der Waals surface area (Å²) in [6, 6.07) is 5.67. The summed E-state index contributed by atoms with van der Waals surface area (Å²) in [5.74, 6) is -1.12. The van der Waals surface area contributed by atoms with Crippen molar-refractivity contribution in [2.45, 2.75) is 32.2 Å². The molecule has 0 radical (unpaired) electrons. The quantitative estimate of drug-likeness (QED) is 0.761. The van der Waals surface area contributed by atoms with Crippen molar-refractivity contribution in [1.29, 1.82) is 0 Å². The first kappa shape index (κ1) is 17.7. The van der Waals surface area contributed by atoms with Gasteiger partial charge < -0.3 is 15.3 Å². The molecular formula is C17H18ClN3O3S. The fraction of sp³-hybridized carbons (Fsp3) is 0.353. The molecule has 1 aliphatic rings. The van der Waals surface area contributed by atoms with E-state index < -0.39 is 5.97 Å². The number of carbonyl (C=O) groups excluding carboxylic acids is 1. The molecule has 1 saturated carbocycles. The van der Waals surface area contributed by atoms with Gasteiger partial charge in [-0.05, 0) is 37.5 Å². The van der Waals surface area contributed by atoms with Gasteiger partial charge in [-0.1, -0.05) is 17.7 Å². The number of aliphatic carboxylic acids is 1. The molecule has 132 valence electrons. The van der Waals surface area contributed by atoms with Crippen LogP contribution in [-0.2, 0) is 4.79 Å². The number of thiazole rings is 1. The number of halogens is 1. The molecule has 1 amide bonds. The molecule has 1 aliphatic carbocycles. The van der Waals surface area contributed by atoms with Crippen molar-refractivity contribution >= 4 is 45.6 Å². The van der Waals surface area contributed by atoms with E-state index in [9.17, 15) is 9.59 Å². The lowest BCUT2D eigenvalue weighted by Crippen LogP contribution is -2.35. The molecule has 1 fully saturated rings. The SMILES string of the molecule is Cc1ccc(Cl)cc1Nc1nc(C(=O)N(CCC(=O)O)C2CC2)cs1. The van der Waals surface area contributed by atoms with Gasteiger partial charge in [0.1, 0.15) is 5.69 Å². The number of benzene rings is 1. The molecule has 6 nitrogen and oxygen atoms in total. The minimum atomic E-state index is -0.907. The summed E-state index contributed by atoms with van der Waals surface area (Å²) in [4.78, 5) is 29.4. The highest BCUT2D eigenvalue weighted by atomic mass is 35.5. The Morgan fingerprint density at radius 2 is 2.20 bits per heavy atom. The van der Waals surface area contributed by atoms with Gasteiger partial charge in [-0.25, -0.2) is 4.98 Å². The first-order chi connectivity index (χ1) is 11.9. The number of nitrogens with one attached hydrogen (secondary N) is 1. The Bertz CT molecular complexity index is 804. The molecule has 1 aromatic heterocycles. The zero-order valence-corrected chi connectivity index (χ0v) is 15.2. The molecule has 0 atom stereocenters. The van der Waals surface area contributed by atoms with E-state index in [0.717, 1.165) is 24.1 Å². The van der Waals surface area contributed by atoms with Gasteiger partial charge in [-0.2, -0.15) is 0 Å². The molecule has 0 aliphatic heterocycles. The van der Waals surface area contributed by atoms with Gasteiger partial charge >= 0.3 is 5.97 Å². The summed E-state index contributed by atoms with van der Waals surface area (Å²) in [5.41, 5.74) is 2.20. The summed E-state index contributed by atoms with van der Waals surface area (Å²) in [5, 5.41) is 15.0. The summed E-state index contributed by atoms with van der Waals surface area (Å²) >= 11 is 7.35. The van der Waals surface area contributed by atoms with Gasteiger partial charge in [-0.15, -0.1) is 11.3 Å². The van der Waals surface area contributed by atoms with Gasteiger partial charge in [0.25, 0.3) is 5.91 Å². The third-order valence-electron chi connectivity index (χ3n) is 3.98. The molecular weight excluding hydrogens is 362 g/mol. The largest absolute Gasteiger partial charge is 0.481 e. The van der Waals surface area contributed by atoms with Crippen LogP contribution >= 0.6 is 22.9 Å². The van der Waals surface area contributed by atoms with Crippen molar-refractivity contribution in [1.82, 2.24) is 9.88 Å². The Morgan fingerprint density at radius 3 is 2.88 bits per heavy atom. The zero-order valence-electron chi connectivity index (χ0n) is 13.7. The Labute approximate surface area is 154 Å². The van der Waals surface area contributed by atoms with Crippen LogP contribution in [0, 0.1) is 6.92 Å². The maximum absolute atomic E-state index is 12.7. The fourth-order valence-corrected chi connectivity index (χ4v) is 3.34. The molecule has 2 aromatic rings. The average Bonchev–Trinajstić information content (AvgIpc) is 3.29. The normalized spacial score (nSPS) is 13.5. The Hall–Kier alpha value is -2.12. The number of hydrogen-bond donors (Lipinski definition) is 2. The molecule has 1 heterocycles. The lowest BCUT2D eigenvalue weighted by molar-refractivity contribution is -0.137. The van der Waals surface area contributed by atoms with Gasteiger partial charge in [0.2, 0.25) is 0 Å². The predicted octanol–water partition coefficient (Wildman–Crippen LogP) is 3.93. The van der Waals surface area contributed by atoms with Crippen LogP contribution in [0.3, 0.4) is 0 Å². The number of hydrogen-bond acceptors (Lipinski definition) is 5. The maximum Gasteiger partial charge on any atom is 0.305 e. The Morgan fingerprint density at radius 1 is 1.44 bits per heavy atom. The average molecular weight is 380 g/mol. The molecule has 1 aromatic carbocycles. The highest BCUT2D eigenvalue weighted by Gasteiger charge is 2.34. The molecule has 0 unspecified atom stereocenters. The number of amides is 1. The summed E-state index contributed by atoms with van der Waals surface area (Å²) in [6.07, 6.45) is 1.78. The second-order valence-corrected chi connectivity index (χ2v) is 7.29. The zero-order chi connectivity index (χ0) is 18.0. The second-order valence-electron chi connectivity index (χ2n) is 6.00. The van der Waals surface area contributed by atoms with E-state index in [1.807, 2.05) is 25.1 Å². The minimum Gasteiger partial charge on any atom is -0.481 e. The molecule has 8 heteroatoms. The van der Waals surface area contributed by atoms with Crippen LogP contribution in [0.2, 0.25) is 5.02 Å². The van der Waals surface area contributed by atoms with Crippen LogP contribution in [0.15, 0.2) is 23.6 Å². The second kappa shape index (κ2) is 7.41. The van der Waals surface area contributed by atoms with E-state index in [2.05, 4.69) is 10.3 Å². The topological polar surface area (TPSA) is 82.5 Å². The number of carboxylic acid groups (broad SMARTS) is 1. The van der Waals surface area contributed by atoms with Crippen molar-refractivity contribution in [2.24, 2.45) is 0 Å². The van der Waals surface area contributed by atoms with Gasteiger partial charge in [0, 0.05) is 28.7 Å². The van der Waals surface area contributed by atoms with Crippen molar-refractivity contribution in [3.8, 4) is 0 Å². The maximum atomic E-state index is 12.7. The predicted molar refractivity (Wildman–Crippen MR) is 97.9 cm³/mol. The van der Waals surface area contributed by atoms with E-state index in [0.29, 0.717) is 15.8 Å². The van der Waals surface area contributed by atoms with Crippen LogP contribution in [0.1, 0.15) is 35.3 Å². The van der Waals surface area contributed by atoms with Crippen molar-refractivity contribution in [3.63, 3.8) is 0 Å². The van der Waals surface area contributed by atoms with E-state index in [1.54, 1.807) is 10.3 Å². The third kappa shape index (κ3) is 4.49. The van der Waals surface area contributed by atoms with Gasteiger partial charge in [0.15, 0.2) is 5.13 Å². The van der Waals surface area contributed by atoms with Crippen molar-refractivity contribution in [3.05, 3.63) is 39.9 Å². The van der Waals surface area contributed by atoms with Crippen LogP contribution in [-0.4, -0.2) is 39.5 Å². The number of carbonyl (C=O) groups is 2. The van der Waals surface area contributed by atoms with Crippen LogP contribution in [0.5, 0.6) is 0 Å². The number of aromatic nitrogens is 1. The van der Waals surface area contributed by atoms with E-state index in [-0.39, 0.29) is 24.9 Å². The van der Waals surface area contributed by atoms with E-state index >= 15 is 0 Å². The summed E-state index contributed by atoms with van der Waals surface area (Å²) in [6.45, 7) is 2.17. The molecule has 0 bridgehead atoms. The fourth-order valence-electron chi connectivity index (χ4n) is 2.47. The van der Waals surface area contributed by atoms with Gasteiger partial charge in [-0.3, -0.25) is 9.59 Å². The van der Waals surface area contributed by atoms with Crippen LogP contribution in [0.4, 0.5) is 10.8 Å². The molecule has 0 saturated heterocycles. The Kier molecular flexibility index (Phi) is 5.24. The number of aryl methyl sites for hydroxylation is 1. The lowest BCUT2D eigenvalue weighted by atomic mass is 10.2. The van der Waals surface area contributed by atoms with Crippen molar-refractivity contribution in [2.75, 3.05) is 11.9 Å².